The molecule has 9 heteroatoms. The number of aryl methyl sites for hydroxylation is 1. The number of thioether (sulfide) groups is 1. The molecule has 4 aromatic rings. The summed E-state index contributed by atoms with van der Waals surface area (Å²) in [5.41, 5.74) is 2.29. The summed E-state index contributed by atoms with van der Waals surface area (Å²) in [6.07, 6.45) is 1.65. The Bertz CT molecular complexity index is 1420. The van der Waals surface area contributed by atoms with Crippen LogP contribution in [0.2, 0.25) is 0 Å². The van der Waals surface area contributed by atoms with E-state index in [0.717, 1.165) is 5.56 Å². The van der Waals surface area contributed by atoms with Crippen LogP contribution in [-0.2, 0) is 16.1 Å². The third-order valence-electron chi connectivity index (χ3n) is 4.82. The van der Waals surface area contributed by atoms with Crippen LogP contribution >= 0.6 is 11.8 Å². The summed E-state index contributed by atoms with van der Waals surface area (Å²) >= 11 is 1.18. The standard InChI is InChI=1S/C25H20FN3O4S/c1-16-10-11-29-22(12-16)27-19(13-24(29)31)14-33-25(32)20-4-2-3-5-21(20)34-15-23(30)28-18-8-6-17(26)7-9-18/h2-13H,14-15H2,1H3,(H,28,30). The van der Waals surface area contributed by atoms with E-state index in [0.29, 0.717) is 27.5 Å². The van der Waals surface area contributed by atoms with Crippen molar-refractivity contribution in [1.82, 2.24) is 9.38 Å². The maximum atomic E-state index is 13.0. The highest BCUT2D eigenvalue weighted by molar-refractivity contribution is 8.00. The van der Waals surface area contributed by atoms with Crippen LogP contribution in [-0.4, -0.2) is 27.0 Å². The van der Waals surface area contributed by atoms with Crippen molar-refractivity contribution in [3.05, 3.63) is 106 Å². The molecule has 0 saturated heterocycles. The Kier molecular flexibility index (Phi) is 7.03. The van der Waals surface area contributed by atoms with Gasteiger partial charge in [-0.1, -0.05) is 12.1 Å². The number of nitrogens with one attached hydrogen (secondary N) is 1. The number of fused-ring (bicyclic) bond motifs is 1. The predicted octanol–water partition coefficient (Wildman–Crippen LogP) is 4.23. The zero-order chi connectivity index (χ0) is 24.1. The summed E-state index contributed by atoms with van der Waals surface area (Å²) < 4.78 is 19.8. The predicted molar refractivity (Wildman–Crippen MR) is 128 cm³/mol. The van der Waals surface area contributed by atoms with E-state index in [2.05, 4.69) is 10.3 Å². The number of halogens is 1. The highest BCUT2D eigenvalue weighted by atomic mass is 32.2. The number of aromatic nitrogens is 2. The first-order chi connectivity index (χ1) is 16.4. The molecule has 0 spiro atoms. The number of anilines is 1. The zero-order valence-corrected chi connectivity index (χ0v) is 19.0. The average molecular weight is 478 g/mol. The van der Waals surface area contributed by atoms with Crippen LogP contribution in [0.3, 0.4) is 0 Å². The molecule has 0 aliphatic carbocycles. The van der Waals surface area contributed by atoms with Gasteiger partial charge in [-0.2, -0.15) is 0 Å². The number of esters is 1. The van der Waals surface area contributed by atoms with E-state index in [1.165, 1.54) is 46.5 Å². The van der Waals surface area contributed by atoms with Gasteiger partial charge in [0.05, 0.1) is 17.0 Å². The van der Waals surface area contributed by atoms with Gasteiger partial charge in [0, 0.05) is 22.8 Å². The minimum Gasteiger partial charge on any atom is -0.456 e. The molecule has 0 bridgehead atoms. The molecule has 0 aliphatic heterocycles. The largest absolute Gasteiger partial charge is 0.456 e. The molecule has 0 radical (unpaired) electrons. The Morgan fingerprint density at radius 3 is 2.65 bits per heavy atom. The lowest BCUT2D eigenvalue weighted by Gasteiger charge is -2.10. The molecule has 172 valence electrons. The highest BCUT2D eigenvalue weighted by Crippen LogP contribution is 2.24. The van der Waals surface area contributed by atoms with Crippen molar-refractivity contribution in [3.63, 3.8) is 0 Å². The molecule has 2 aromatic heterocycles. The molecular formula is C25H20FN3O4S. The number of carbonyl (C=O) groups is 2. The summed E-state index contributed by atoms with van der Waals surface area (Å²) in [5.74, 6) is -1.23. The van der Waals surface area contributed by atoms with E-state index >= 15 is 0 Å². The number of pyridine rings is 1. The molecule has 34 heavy (non-hydrogen) atoms. The van der Waals surface area contributed by atoms with Crippen LogP contribution < -0.4 is 10.9 Å². The van der Waals surface area contributed by atoms with Crippen LogP contribution in [0.25, 0.3) is 5.65 Å². The summed E-state index contributed by atoms with van der Waals surface area (Å²) in [6, 6.07) is 17.1. The van der Waals surface area contributed by atoms with Crippen molar-refractivity contribution in [2.75, 3.05) is 11.1 Å². The molecule has 1 N–H and O–H groups in total. The van der Waals surface area contributed by atoms with Gasteiger partial charge < -0.3 is 10.1 Å². The molecule has 1 amide bonds. The summed E-state index contributed by atoms with van der Waals surface area (Å²) in [7, 11) is 0. The summed E-state index contributed by atoms with van der Waals surface area (Å²) in [6.45, 7) is 1.73. The van der Waals surface area contributed by atoms with E-state index in [9.17, 15) is 18.8 Å². The van der Waals surface area contributed by atoms with Gasteiger partial charge in [0.2, 0.25) is 5.91 Å². The topological polar surface area (TPSA) is 89.8 Å². The summed E-state index contributed by atoms with van der Waals surface area (Å²) in [5, 5.41) is 2.68. The Morgan fingerprint density at radius 1 is 1.09 bits per heavy atom. The van der Waals surface area contributed by atoms with Crippen molar-refractivity contribution < 1.29 is 18.7 Å². The monoisotopic (exact) mass is 477 g/mol. The van der Waals surface area contributed by atoms with E-state index in [1.54, 1.807) is 36.5 Å². The molecule has 0 atom stereocenters. The third kappa shape index (κ3) is 5.68. The highest BCUT2D eigenvalue weighted by Gasteiger charge is 2.15. The Hall–Kier alpha value is -3.98. The van der Waals surface area contributed by atoms with Gasteiger partial charge >= 0.3 is 5.97 Å². The maximum Gasteiger partial charge on any atom is 0.339 e. The maximum absolute atomic E-state index is 13.0. The number of nitrogens with zero attached hydrogens (tertiary/aromatic N) is 2. The van der Waals surface area contributed by atoms with Crippen molar-refractivity contribution in [2.24, 2.45) is 0 Å². The summed E-state index contributed by atoms with van der Waals surface area (Å²) in [4.78, 5) is 42.2. The Morgan fingerprint density at radius 2 is 1.85 bits per heavy atom. The van der Waals surface area contributed by atoms with Crippen LogP contribution in [0.15, 0.2) is 82.6 Å². The molecular weight excluding hydrogens is 457 g/mol. The fourth-order valence-corrected chi connectivity index (χ4v) is 4.02. The van der Waals surface area contributed by atoms with Gasteiger partial charge in [0.1, 0.15) is 18.1 Å². The smallest absolute Gasteiger partial charge is 0.339 e. The zero-order valence-electron chi connectivity index (χ0n) is 18.2. The quantitative estimate of drug-likeness (QED) is 0.317. The molecule has 7 nitrogen and oxygen atoms in total. The van der Waals surface area contributed by atoms with E-state index in [-0.39, 0.29) is 29.6 Å². The SMILES string of the molecule is Cc1ccn2c(=O)cc(COC(=O)c3ccccc3SCC(=O)Nc3ccc(F)cc3)nc2c1. The minimum atomic E-state index is -0.590. The van der Waals surface area contributed by atoms with Crippen LogP contribution in [0.4, 0.5) is 10.1 Å². The number of hydrogen-bond donors (Lipinski definition) is 1. The van der Waals surface area contributed by atoms with Gasteiger partial charge in [-0.15, -0.1) is 11.8 Å². The van der Waals surface area contributed by atoms with Gasteiger partial charge in [-0.25, -0.2) is 14.2 Å². The minimum absolute atomic E-state index is 0.0457. The van der Waals surface area contributed by atoms with E-state index in [4.69, 9.17) is 4.74 Å². The molecule has 0 aliphatic rings. The second-order valence-corrected chi connectivity index (χ2v) is 8.45. The van der Waals surface area contributed by atoms with Crippen molar-refractivity contribution in [3.8, 4) is 0 Å². The lowest BCUT2D eigenvalue weighted by molar-refractivity contribution is -0.113. The second kappa shape index (κ2) is 10.3. The third-order valence-corrected chi connectivity index (χ3v) is 5.89. The molecule has 2 heterocycles. The molecule has 0 fully saturated rings. The number of carbonyl (C=O) groups excluding carboxylic acids is 2. The number of rotatable bonds is 7. The first-order valence-corrected chi connectivity index (χ1v) is 11.3. The Labute approximate surface area is 198 Å². The van der Waals surface area contributed by atoms with Gasteiger partial charge in [0.15, 0.2) is 0 Å². The van der Waals surface area contributed by atoms with Crippen molar-refractivity contribution >= 4 is 35.0 Å². The van der Waals surface area contributed by atoms with Crippen LogP contribution in [0.1, 0.15) is 21.6 Å². The number of amides is 1. The first kappa shape index (κ1) is 23.2. The Balaban J connectivity index is 1.40. The van der Waals surface area contributed by atoms with E-state index in [1.807, 2.05) is 13.0 Å². The molecule has 0 unspecified atom stereocenters. The molecule has 0 saturated carbocycles. The number of benzene rings is 2. The second-order valence-electron chi connectivity index (χ2n) is 7.43. The molecule has 2 aromatic carbocycles. The van der Waals surface area contributed by atoms with Crippen molar-refractivity contribution in [1.29, 1.82) is 0 Å². The van der Waals surface area contributed by atoms with Gasteiger partial charge in [-0.05, 0) is 61.0 Å². The lowest BCUT2D eigenvalue weighted by Crippen LogP contribution is -2.17. The van der Waals surface area contributed by atoms with Crippen molar-refractivity contribution in [2.45, 2.75) is 18.4 Å². The lowest BCUT2D eigenvalue weighted by atomic mass is 10.2. The van der Waals surface area contributed by atoms with Crippen LogP contribution in [0, 0.1) is 12.7 Å². The van der Waals surface area contributed by atoms with Gasteiger partial charge in [-0.3, -0.25) is 14.0 Å². The molecule has 4 rings (SSSR count). The van der Waals surface area contributed by atoms with Crippen LogP contribution in [0.5, 0.6) is 0 Å². The average Bonchev–Trinajstić information content (AvgIpc) is 2.82. The van der Waals surface area contributed by atoms with E-state index < -0.39 is 5.97 Å². The van der Waals surface area contributed by atoms with Gasteiger partial charge in [0.25, 0.3) is 5.56 Å². The number of hydrogen-bond acceptors (Lipinski definition) is 6. The fourth-order valence-electron chi connectivity index (χ4n) is 3.18. The normalized spacial score (nSPS) is 10.8. The first-order valence-electron chi connectivity index (χ1n) is 10.3. The number of ether oxygens (including phenoxy) is 1. The fraction of sp³-hybridized carbons (Fsp3) is 0.120.